The maximum Gasteiger partial charge on any atom is 0.326 e. The van der Waals surface area contributed by atoms with Crippen molar-refractivity contribution in [2.24, 2.45) is 5.92 Å². The van der Waals surface area contributed by atoms with Crippen LogP contribution in [0.5, 0.6) is 0 Å². The summed E-state index contributed by atoms with van der Waals surface area (Å²) in [5.74, 6) is -2.26. The number of carboxylic acids is 1. The number of carboxylic acid groups (broad SMARTS) is 1. The first-order valence-electron chi connectivity index (χ1n) is 6.71. The van der Waals surface area contributed by atoms with Crippen molar-refractivity contribution in [1.29, 1.82) is 0 Å². The molecule has 4 amide bonds. The van der Waals surface area contributed by atoms with E-state index in [-0.39, 0.29) is 18.9 Å². The zero-order valence-corrected chi connectivity index (χ0v) is 12.6. The van der Waals surface area contributed by atoms with Crippen molar-refractivity contribution in [3.8, 4) is 0 Å². The summed E-state index contributed by atoms with van der Waals surface area (Å²) >= 11 is 0. The van der Waals surface area contributed by atoms with Gasteiger partial charge in [-0.25, -0.2) is 9.59 Å². The van der Waals surface area contributed by atoms with E-state index in [0.717, 1.165) is 4.90 Å². The molecule has 1 saturated heterocycles. The van der Waals surface area contributed by atoms with E-state index < -0.39 is 35.4 Å². The first-order valence-corrected chi connectivity index (χ1v) is 6.71. The van der Waals surface area contributed by atoms with E-state index in [0.29, 0.717) is 0 Å². The molecule has 0 bridgehead atoms. The van der Waals surface area contributed by atoms with Gasteiger partial charge in [0.2, 0.25) is 5.91 Å². The molecule has 0 aliphatic carbocycles. The number of carbonyl (C=O) groups is 4. The molecular weight excluding hydrogens is 278 g/mol. The van der Waals surface area contributed by atoms with Gasteiger partial charge in [0.25, 0.3) is 5.91 Å². The number of carbonyl (C=O) groups excluding carboxylic acids is 3. The number of nitrogens with one attached hydrogen (secondary N) is 2. The minimum absolute atomic E-state index is 0.0747. The molecule has 1 aliphatic heterocycles. The normalized spacial score (nSPS) is 19.2. The maximum absolute atomic E-state index is 12.2. The van der Waals surface area contributed by atoms with Gasteiger partial charge in [-0.2, -0.15) is 0 Å². The van der Waals surface area contributed by atoms with Gasteiger partial charge < -0.3 is 15.3 Å². The predicted molar refractivity (Wildman–Crippen MR) is 73.3 cm³/mol. The number of amides is 4. The van der Waals surface area contributed by atoms with Gasteiger partial charge >= 0.3 is 12.0 Å². The molecule has 3 N–H and O–H groups in total. The number of rotatable bonds is 4. The Morgan fingerprint density at radius 1 is 1.38 bits per heavy atom. The summed E-state index contributed by atoms with van der Waals surface area (Å²) in [7, 11) is 0. The van der Waals surface area contributed by atoms with Crippen LogP contribution in [0.1, 0.15) is 34.1 Å². The van der Waals surface area contributed by atoms with E-state index in [1.54, 1.807) is 0 Å². The molecule has 1 aliphatic rings. The molecule has 21 heavy (non-hydrogen) atoms. The van der Waals surface area contributed by atoms with Crippen LogP contribution in [0.25, 0.3) is 0 Å². The Balaban J connectivity index is 2.87. The highest BCUT2D eigenvalue weighted by atomic mass is 16.4. The molecule has 1 rings (SSSR count). The summed E-state index contributed by atoms with van der Waals surface area (Å²) in [6.07, 6.45) is 0.259. The third-order valence-corrected chi connectivity index (χ3v) is 3.33. The summed E-state index contributed by atoms with van der Waals surface area (Å²) in [4.78, 5) is 47.6. The van der Waals surface area contributed by atoms with E-state index in [9.17, 15) is 19.2 Å². The molecule has 1 fully saturated rings. The highest BCUT2D eigenvalue weighted by molar-refractivity contribution is 6.06. The van der Waals surface area contributed by atoms with Crippen LogP contribution in [-0.2, 0) is 14.4 Å². The monoisotopic (exact) mass is 299 g/mol. The minimum Gasteiger partial charge on any atom is -0.480 e. The number of urea groups is 1. The van der Waals surface area contributed by atoms with Crippen molar-refractivity contribution in [1.82, 2.24) is 15.5 Å². The van der Waals surface area contributed by atoms with Crippen molar-refractivity contribution in [3.63, 3.8) is 0 Å². The van der Waals surface area contributed by atoms with Crippen molar-refractivity contribution >= 4 is 23.8 Å². The van der Waals surface area contributed by atoms with Crippen molar-refractivity contribution < 1.29 is 24.3 Å². The van der Waals surface area contributed by atoms with Crippen LogP contribution in [0, 0.1) is 5.92 Å². The van der Waals surface area contributed by atoms with Gasteiger partial charge in [0.05, 0.1) is 0 Å². The van der Waals surface area contributed by atoms with E-state index in [4.69, 9.17) is 5.11 Å². The van der Waals surface area contributed by atoms with Crippen LogP contribution in [0.15, 0.2) is 0 Å². The fourth-order valence-corrected chi connectivity index (χ4v) is 2.03. The number of piperazine rings is 1. The zero-order chi connectivity index (χ0) is 16.4. The minimum atomic E-state index is -1.22. The highest BCUT2D eigenvalue weighted by Crippen LogP contribution is 2.18. The van der Waals surface area contributed by atoms with Crippen LogP contribution in [0.2, 0.25) is 0 Å². The zero-order valence-electron chi connectivity index (χ0n) is 12.6. The van der Waals surface area contributed by atoms with Crippen molar-refractivity contribution in [3.05, 3.63) is 0 Å². The van der Waals surface area contributed by atoms with Gasteiger partial charge in [0.15, 0.2) is 0 Å². The molecule has 8 heteroatoms. The Kier molecular flexibility index (Phi) is 4.93. The summed E-state index contributed by atoms with van der Waals surface area (Å²) in [6, 6.07) is -1.80. The Morgan fingerprint density at radius 2 is 1.95 bits per heavy atom. The second kappa shape index (κ2) is 6.11. The SMILES string of the molecule is CC(C)C[C@H](NC(=O)N1CC(=O)NC(=O)C1(C)C)C(=O)O. The molecule has 8 nitrogen and oxygen atoms in total. The Hall–Kier alpha value is -2.12. The standard InChI is InChI=1S/C13H21N3O5/c1-7(2)5-8(10(18)19)14-12(21)16-6-9(17)15-11(20)13(16,3)4/h7-8H,5-6H2,1-4H3,(H,14,21)(H,18,19)(H,15,17,20)/t8-/m0/s1. The Bertz CT molecular complexity index is 472. The summed E-state index contributed by atoms with van der Waals surface area (Å²) < 4.78 is 0. The molecule has 0 saturated carbocycles. The average molecular weight is 299 g/mol. The molecule has 0 aromatic rings. The van der Waals surface area contributed by atoms with E-state index >= 15 is 0 Å². The number of hydrogen-bond acceptors (Lipinski definition) is 4. The van der Waals surface area contributed by atoms with E-state index in [1.807, 2.05) is 13.8 Å². The van der Waals surface area contributed by atoms with Crippen molar-refractivity contribution in [2.45, 2.75) is 45.7 Å². The van der Waals surface area contributed by atoms with Gasteiger partial charge in [0, 0.05) is 0 Å². The first kappa shape index (κ1) is 16.9. The predicted octanol–water partition coefficient (Wildman–Crippen LogP) is -0.0677. The van der Waals surface area contributed by atoms with Gasteiger partial charge in [-0.3, -0.25) is 14.9 Å². The molecule has 0 aromatic carbocycles. The van der Waals surface area contributed by atoms with Crippen LogP contribution < -0.4 is 10.6 Å². The lowest BCUT2D eigenvalue weighted by Gasteiger charge is -2.40. The maximum atomic E-state index is 12.2. The second-order valence-corrected chi connectivity index (χ2v) is 5.99. The average Bonchev–Trinajstić information content (AvgIpc) is 2.32. The Labute approximate surface area is 122 Å². The molecule has 0 spiro atoms. The Morgan fingerprint density at radius 3 is 2.43 bits per heavy atom. The number of nitrogens with zero attached hydrogens (tertiary/aromatic N) is 1. The molecule has 0 radical (unpaired) electrons. The van der Waals surface area contributed by atoms with E-state index in [1.165, 1.54) is 13.8 Å². The number of imide groups is 1. The fourth-order valence-electron chi connectivity index (χ4n) is 2.03. The lowest BCUT2D eigenvalue weighted by Crippen LogP contribution is -2.67. The largest absolute Gasteiger partial charge is 0.480 e. The van der Waals surface area contributed by atoms with Crippen LogP contribution in [-0.4, -0.2) is 51.9 Å². The van der Waals surface area contributed by atoms with E-state index in [2.05, 4.69) is 10.6 Å². The van der Waals surface area contributed by atoms with Gasteiger partial charge in [-0.1, -0.05) is 13.8 Å². The first-order chi connectivity index (χ1) is 9.55. The number of aliphatic carboxylic acids is 1. The van der Waals surface area contributed by atoms with Crippen LogP contribution in [0.4, 0.5) is 4.79 Å². The smallest absolute Gasteiger partial charge is 0.326 e. The van der Waals surface area contributed by atoms with Gasteiger partial charge in [-0.15, -0.1) is 0 Å². The summed E-state index contributed by atoms with van der Waals surface area (Å²) in [5, 5.41) is 13.6. The lowest BCUT2D eigenvalue weighted by molar-refractivity contribution is -0.142. The highest BCUT2D eigenvalue weighted by Gasteiger charge is 2.44. The summed E-state index contributed by atoms with van der Waals surface area (Å²) in [5.41, 5.74) is -1.22. The fraction of sp³-hybridized carbons (Fsp3) is 0.692. The van der Waals surface area contributed by atoms with Crippen LogP contribution >= 0.6 is 0 Å². The van der Waals surface area contributed by atoms with Crippen LogP contribution in [0.3, 0.4) is 0 Å². The third-order valence-electron chi connectivity index (χ3n) is 3.33. The topological polar surface area (TPSA) is 116 Å². The van der Waals surface area contributed by atoms with Crippen molar-refractivity contribution in [2.75, 3.05) is 6.54 Å². The van der Waals surface area contributed by atoms with Gasteiger partial charge in [0.1, 0.15) is 18.1 Å². The molecule has 118 valence electrons. The number of hydrogen-bond donors (Lipinski definition) is 3. The molecular formula is C13H21N3O5. The molecule has 1 atom stereocenters. The summed E-state index contributed by atoms with van der Waals surface area (Å²) in [6.45, 7) is 6.37. The molecule has 0 unspecified atom stereocenters. The second-order valence-electron chi connectivity index (χ2n) is 5.99. The lowest BCUT2D eigenvalue weighted by atomic mass is 9.99. The van der Waals surface area contributed by atoms with Gasteiger partial charge in [-0.05, 0) is 26.2 Å². The molecule has 0 aromatic heterocycles. The molecule has 1 heterocycles. The quantitative estimate of drug-likeness (QED) is 0.629. The third kappa shape index (κ3) is 3.93.